The number of carbonyl (C=O) groups excluding carboxylic acids is 1. The molecule has 116 valence electrons. The average molecular weight is 332 g/mol. The van der Waals surface area contributed by atoms with Gasteiger partial charge in [-0.3, -0.25) is 4.79 Å². The molecule has 0 bridgehead atoms. The normalized spacial score (nSPS) is 18.2. The molecule has 1 amide bonds. The Bertz CT molecular complexity index is 651. The van der Waals surface area contributed by atoms with E-state index in [9.17, 15) is 13.2 Å². The summed E-state index contributed by atoms with van der Waals surface area (Å²) < 4.78 is 28.1. The van der Waals surface area contributed by atoms with Crippen molar-refractivity contribution in [1.29, 1.82) is 0 Å². The maximum Gasteiger partial charge on any atom is 0.261 e. The number of nitrogens with one attached hydrogen (secondary N) is 1. The first-order valence-corrected chi connectivity index (χ1v) is 8.98. The molecule has 1 aromatic rings. The van der Waals surface area contributed by atoms with Crippen molar-refractivity contribution < 1.29 is 17.9 Å². The number of ether oxygens (including phenoxy) is 1. The summed E-state index contributed by atoms with van der Waals surface area (Å²) >= 11 is 0. The highest BCUT2D eigenvalue weighted by atomic mass is 35.7. The lowest BCUT2D eigenvalue weighted by Gasteiger charge is -2.34. The molecule has 1 aliphatic rings. The monoisotopic (exact) mass is 331 g/mol. The molecule has 0 unspecified atom stereocenters. The fourth-order valence-electron chi connectivity index (χ4n) is 2.29. The minimum Gasteiger partial charge on any atom is -0.381 e. The minimum absolute atomic E-state index is 0.0722. The third-order valence-electron chi connectivity index (χ3n) is 3.75. The van der Waals surface area contributed by atoms with Gasteiger partial charge < -0.3 is 10.1 Å². The van der Waals surface area contributed by atoms with Crippen molar-refractivity contribution in [3.05, 3.63) is 29.3 Å². The fourth-order valence-corrected chi connectivity index (χ4v) is 3.06. The summed E-state index contributed by atoms with van der Waals surface area (Å²) in [5.41, 5.74) is 0.689. The lowest BCUT2D eigenvalue weighted by Crippen LogP contribution is -2.49. The van der Waals surface area contributed by atoms with Crippen LogP contribution < -0.4 is 5.32 Å². The van der Waals surface area contributed by atoms with Crippen LogP contribution in [0.4, 0.5) is 0 Å². The maximum atomic E-state index is 12.4. The van der Waals surface area contributed by atoms with E-state index in [2.05, 4.69) is 5.32 Å². The highest BCUT2D eigenvalue weighted by Crippen LogP contribution is 2.23. The molecular weight excluding hydrogens is 314 g/mol. The summed E-state index contributed by atoms with van der Waals surface area (Å²) in [6.45, 7) is 4.93. The first kappa shape index (κ1) is 16.3. The van der Waals surface area contributed by atoms with Gasteiger partial charge in [0.25, 0.3) is 15.0 Å². The summed E-state index contributed by atoms with van der Waals surface area (Å²) in [5, 5.41) is 2.97. The number of hydrogen-bond acceptors (Lipinski definition) is 4. The molecule has 0 aromatic heterocycles. The van der Waals surface area contributed by atoms with Crippen LogP contribution in [0.5, 0.6) is 0 Å². The lowest BCUT2D eigenvalue weighted by molar-refractivity contribution is 0.0422. The molecule has 0 spiro atoms. The van der Waals surface area contributed by atoms with Gasteiger partial charge in [0.2, 0.25) is 0 Å². The number of benzene rings is 1. The Labute approximate surface area is 129 Å². The quantitative estimate of drug-likeness (QED) is 0.862. The standard InChI is InChI=1S/C14H18ClNO4S/c1-10-3-4-11(21(15,18)19)9-12(10)13(17)16-14(2)5-7-20-8-6-14/h3-4,9H,5-8H2,1-2H3,(H,16,17). The van der Waals surface area contributed by atoms with Gasteiger partial charge in [-0.2, -0.15) is 0 Å². The molecule has 2 rings (SSSR count). The second kappa shape index (κ2) is 5.94. The largest absolute Gasteiger partial charge is 0.381 e. The molecule has 0 saturated carbocycles. The van der Waals surface area contributed by atoms with E-state index in [4.69, 9.17) is 15.4 Å². The van der Waals surface area contributed by atoms with Crippen molar-refractivity contribution in [3.8, 4) is 0 Å². The van der Waals surface area contributed by atoms with Crippen molar-refractivity contribution in [2.45, 2.75) is 37.1 Å². The van der Waals surface area contributed by atoms with Crippen LogP contribution in [0.25, 0.3) is 0 Å². The topological polar surface area (TPSA) is 72.5 Å². The molecule has 1 N–H and O–H groups in total. The number of amides is 1. The second-order valence-corrected chi connectivity index (χ2v) is 8.11. The molecule has 0 aliphatic carbocycles. The van der Waals surface area contributed by atoms with Crippen LogP contribution in [0.3, 0.4) is 0 Å². The zero-order valence-corrected chi connectivity index (χ0v) is 13.6. The Kier molecular flexibility index (Phi) is 4.60. The van der Waals surface area contributed by atoms with Crippen LogP contribution in [0.15, 0.2) is 23.1 Å². The van der Waals surface area contributed by atoms with Crippen molar-refractivity contribution in [3.63, 3.8) is 0 Å². The van der Waals surface area contributed by atoms with E-state index < -0.39 is 9.05 Å². The number of aryl methyl sites for hydroxylation is 1. The summed E-state index contributed by atoms with van der Waals surface area (Å²) in [6.07, 6.45) is 1.45. The van der Waals surface area contributed by atoms with Crippen LogP contribution in [0.2, 0.25) is 0 Å². The molecule has 1 fully saturated rings. The van der Waals surface area contributed by atoms with Crippen molar-refractivity contribution in [1.82, 2.24) is 5.32 Å². The average Bonchev–Trinajstić information content (AvgIpc) is 2.38. The Morgan fingerprint density at radius 1 is 1.33 bits per heavy atom. The lowest BCUT2D eigenvalue weighted by atomic mass is 9.92. The summed E-state index contributed by atoms with van der Waals surface area (Å²) in [4.78, 5) is 12.4. The molecule has 5 nitrogen and oxygen atoms in total. The van der Waals surface area contributed by atoms with Gasteiger partial charge in [-0.25, -0.2) is 8.42 Å². The third-order valence-corrected chi connectivity index (χ3v) is 5.10. The Morgan fingerprint density at radius 2 is 1.95 bits per heavy atom. The van der Waals surface area contributed by atoms with Crippen molar-refractivity contribution in [2.75, 3.05) is 13.2 Å². The van der Waals surface area contributed by atoms with E-state index in [-0.39, 0.29) is 16.3 Å². The molecule has 1 aromatic carbocycles. The molecule has 1 saturated heterocycles. The summed E-state index contributed by atoms with van der Waals surface area (Å²) in [6, 6.07) is 4.29. The third kappa shape index (κ3) is 3.96. The predicted molar refractivity (Wildman–Crippen MR) is 80.1 cm³/mol. The Morgan fingerprint density at radius 3 is 2.52 bits per heavy atom. The van der Waals surface area contributed by atoms with Gasteiger partial charge >= 0.3 is 0 Å². The molecule has 1 heterocycles. The SMILES string of the molecule is Cc1ccc(S(=O)(=O)Cl)cc1C(=O)NC1(C)CCOCC1. The highest BCUT2D eigenvalue weighted by Gasteiger charge is 2.30. The zero-order chi connectivity index (χ0) is 15.7. The number of halogens is 1. The Hall–Kier alpha value is -1.11. The van der Waals surface area contributed by atoms with Gasteiger partial charge in [0, 0.05) is 35.0 Å². The maximum absolute atomic E-state index is 12.4. The number of rotatable bonds is 3. The van der Waals surface area contributed by atoms with Crippen LogP contribution in [-0.4, -0.2) is 33.1 Å². The van der Waals surface area contributed by atoms with E-state index >= 15 is 0 Å². The molecule has 7 heteroatoms. The zero-order valence-electron chi connectivity index (χ0n) is 12.0. The summed E-state index contributed by atoms with van der Waals surface area (Å²) in [5.74, 6) is -0.293. The number of carbonyl (C=O) groups is 1. The first-order chi connectivity index (χ1) is 9.71. The molecule has 21 heavy (non-hydrogen) atoms. The first-order valence-electron chi connectivity index (χ1n) is 6.67. The van der Waals surface area contributed by atoms with Crippen LogP contribution in [0.1, 0.15) is 35.7 Å². The van der Waals surface area contributed by atoms with Gasteiger partial charge in [0.05, 0.1) is 4.90 Å². The van der Waals surface area contributed by atoms with Gasteiger partial charge in [-0.05, 0) is 44.4 Å². The van der Waals surface area contributed by atoms with E-state index in [1.54, 1.807) is 13.0 Å². The second-order valence-electron chi connectivity index (χ2n) is 5.54. The number of hydrogen-bond donors (Lipinski definition) is 1. The van der Waals surface area contributed by atoms with E-state index in [0.717, 1.165) is 12.8 Å². The van der Waals surface area contributed by atoms with E-state index in [1.807, 2.05) is 6.92 Å². The molecule has 0 atom stereocenters. The minimum atomic E-state index is -3.85. The smallest absolute Gasteiger partial charge is 0.261 e. The molecule has 1 aliphatic heterocycles. The molecule has 0 radical (unpaired) electrons. The van der Waals surface area contributed by atoms with Gasteiger partial charge in [-0.1, -0.05) is 6.07 Å². The van der Waals surface area contributed by atoms with E-state index in [0.29, 0.717) is 24.3 Å². The van der Waals surface area contributed by atoms with Crippen LogP contribution in [0, 0.1) is 6.92 Å². The fraction of sp³-hybridized carbons (Fsp3) is 0.500. The Balaban J connectivity index is 2.26. The van der Waals surface area contributed by atoms with Gasteiger partial charge in [0.15, 0.2) is 0 Å². The predicted octanol–water partition coefficient (Wildman–Crippen LogP) is 2.22. The van der Waals surface area contributed by atoms with Crippen molar-refractivity contribution >= 4 is 25.6 Å². The van der Waals surface area contributed by atoms with E-state index in [1.165, 1.54) is 12.1 Å². The highest BCUT2D eigenvalue weighted by molar-refractivity contribution is 8.13. The van der Waals surface area contributed by atoms with Gasteiger partial charge in [-0.15, -0.1) is 0 Å². The molecular formula is C14H18ClNO4S. The van der Waals surface area contributed by atoms with Crippen LogP contribution >= 0.6 is 10.7 Å². The summed E-state index contributed by atoms with van der Waals surface area (Å²) in [7, 11) is 1.48. The van der Waals surface area contributed by atoms with Crippen molar-refractivity contribution in [2.24, 2.45) is 0 Å². The van der Waals surface area contributed by atoms with Gasteiger partial charge in [0.1, 0.15) is 0 Å². The van der Waals surface area contributed by atoms with Crippen LogP contribution in [-0.2, 0) is 13.8 Å².